The van der Waals surface area contributed by atoms with Crippen LogP contribution in [0.3, 0.4) is 0 Å². The zero-order valence-corrected chi connectivity index (χ0v) is 12.4. The number of anilines is 1. The van der Waals surface area contributed by atoms with Crippen LogP contribution in [0.25, 0.3) is 17.1 Å². The Morgan fingerprint density at radius 3 is 2.95 bits per heavy atom. The zero-order chi connectivity index (χ0) is 15.1. The fourth-order valence-electron chi connectivity index (χ4n) is 2.60. The van der Waals surface area contributed by atoms with Gasteiger partial charge in [0.2, 0.25) is 0 Å². The van der Waals surface area contributed by atoms with Crippen LogP contribution < -0.4 is 4.90 Å². The van der Waals surface area contributed by atoms with Gasteiger partial charge in [-0.05, 0) is 18.2 Å². The normalized spacial score (nSPS) is 14.1. The van der Waals surface area contributed by atoms with E-state index in [1.807, 2.05) is 12.1 Å². The topological polar surface area (TPSA) is 72.6 Å². The van der Waals surface area contributed by atoms with E-state index in [2.05, 4.69) is 41.2 Å². The first-order valence-corrected chi connectivity index (χ1v) is 7.21. The molecule has 0 bridgehead atoms. The molecule has 7 nitrogen and oxygen atoms in total. The van der Waals surface area contributed by atoms with Crippen molar-refractivity contribution in [2.75, 3.05) is 11.4 Å². The Kier molecular flexibility index (Phi) is 3.00. The maximum atomic E-state index is 6.10. The van der Waals surface area contributed by atoms with E-state index in [9.17, 15) is 0 Å². The second-order valence-corrected chi connectivity index (χ2v) is 5.31. The van der Waals surface area contributed by atoms with Gasteiger partial charge in [0, 0.05) is 13.1 Å². The summed E-state index contributed by atoms with van der Waals surface area (Å²) in [6.45, 7) is 6.01. The van der Waals surface area contributed by atoms with Gasteiger partial charge in [-0.2, -0.15) is 0 Å². The highest BCUT2D eigenvalue weighted by Crippen LogP contribution is 2.24. The highest BCUT2D eigenvalue weighted by atomic mass is 35.5. The minimum atomic E-state index is 0.362. The molecule has 110 valence electrons. The molecule has 0 radical (unpaired) electrons. The standard InChI is InChI=1S/C14H12ClN7/c1-2-10-19-20-12-7-21(5-6-22(10)12)11-4-3-9-13(18-11)14(15)17-8-16-9/h2-4,8H,1,5-7H2. The van der Waals surface area contributed by atoms with Gasteiger partial charge in [0.1, 0.15) is 17.7 Å². The summed E-state index contributed by atoms with van der Waals surface area (Å²) in [4.78, 5) is 14.9. The molecule has 0 fully saturated rings. The molecule has 1 aliphatic heterocycles. The van der Waals surface area contributed by atoms with Crippen molar-refractivity contribution in [3.63, 3.8) is 0 Å². The maximum Gasteiger partial charge on any atom is 0.158 e. The lowest BCUT2D eigenvalue weighted by Crippen LogP contribution is -2.34. The highest BCUT2D eigenvalue weighted by Gasteiger charge is 2.21. The summed E-state index contributed by atoms with van der Waals surface area (Å²) in [5, 5.41) is 8.68. The summed E-state index contributed by atoms with van der Waals surface area (Å²) in [5.41, 5.74) is 1.35. The van der Waals surface area contributed by atoms with Gasteiger partial charge in [-0.25, -0.2) is 15.0 Å². The minimum Gasteiger partial charge on any atom is -0.347 e. The van der Waals surface area contributed by atoms with Crippen molar-refractivity contribution in [1.29, 1.82) is 0 Å². The Bertz CT molecular complexity index is 873. The second kappa shape index (κ2) is 5.03. The molecular weight excluding hydrogens is 302 g/mol. The first-order valence-electron chi connectivity index (χ1n) is 6.83. The maximum absolute atomic E-state index is 6.10. The Labute approximate surface area is 131 Å². The van der Waals surface area contributed by atoms with Crippen LogP contribution in [-0.2, 0) is 13.1 Å². The summed E-state index contributed by atoms with van der Waals surface area (Å²) in [7, 11) is 0. The van der Waals surface area contributed by atoms with Crippen molar-refractivity contribution in [3.8, 4) is 0 Å². The third-order valence-electron chi connectivity index (χ3n) is 3.71. The van der Waals surface area contributed by atoms with E-state index in [1.54, 1.807) is 6.08 Å². The molecule has 1 aliphatic rings. The minimum absolute atomic E-state index is 0.362. The molecule has 8 heteroatoms. The Hall–Kier alpha value is -2.54. The number of hydrogen-bond donors (Lipinski definition) is 0. The van der Waals surface area contributed by atoms with Crippen LogP contribution in [0.15, 0.2) is 25.0 Å². The van der Waals surface area contributed by atoms with E-state index < -0.39 is 0 Å². The Balaban J connectivity index is 1.71. The first-order chi connectivity index (χ1) is 10.8. The molecule has 0 amide bonds. The van der Waals surface area contributed by atoms with E-state index in [0.717, 1.165) is 36.1 Å². The molecule has 0 N–H and O–H groups in total. The molecule has 0 saturated heterocycles. The molecule has 3 aromatic heterocycles. The lowest BCUT2D eigenvalue weighted by molar-refractivity contribution is 0.554. The quantitative estimate of drug-likeness (QED) is 0.673. The van der Waals surface area contributed by atoms with Gasteiger partial charge in [-0.15, -0.1) is 10.2 Å². The first kappa shape index (κ1) is 13.1. The average molecular weight is 314 g/mol. The van der Waals surface area contributed by atoms with Gasteiger partial charge in [-0.1, -0.05) is 18.2 Å². The molecule has 0 atom stereocenters. The average Bonchev–Trinajstić information content (AvgIpc) is 2.97. The molecule has 0 aromatic carbocycles. The predicted octanol–water partition coefficient (Wildman–Crippen LogP) is 1.93. The summed E-state index contributed by atoms with van der Waals surface area (Å²) in [6.07, 6.45) is 3.16. The van der Waals surface area contributed by atoms with Crippen molar-refractivity contribution >= 4 is 34.5 Å². The summed E-state index contributed by atoms with van der Waals surface area (Å²) in [6, 6.07) is 3.84. The number of halogens is 1. The molecule has 0 spiro atoms. The summed E-state index contributed by atoms with van der Waals surface area (Å²) < 4.78 is 2.07. The lowest BCUT2D eigenvalue weighted by atomic mass is 10.3. The van der Waals surface area contributed by atoms with E-state index in [0.29, 0.717) is 17.2 Å². The van der Waals surface area contributed by atoms with Crippen molar-refractivity contribution < 1.29 is 0 Å². The number of pyridine rings is 1. The largest absolute Gasteiger partial charge is 0.347 e. The molecule has 0 unspecified atom stereocenters. The van der Waals surface area contributed by atoms with Crippen LogP contribution in [0.1, 0.15) is 11.6 Å². The van der Waals surface area contributed by atoms with Gasteiger partial charge < -0.3 is 9.47 Å². The number of rotatable bonds is 2. The summed E-state index contributed by atoms with van der Waals surface area (Å²) >= 11 is 6.10. The van der Waals surface area contributed by atoms with Gasteiger partial charge >= 0.3 is 0 Å². The van der Waals surface area contributed by atoms with E-state index in [1.165, 1.54) is 6.33 Å². The van der Waals surface area contributed by atoms with Gasteiger partial charge in [0.15, 0.2) is 16.8 Å². The van der Waals surface area contributed by atoms with Crippen molar-refractivity contribution in [2.45, 2.75) is 13.1 Å². The van der Waals surface area contributed by atoms with Crippen LogP contribution >= 0.6 is 11.6 Å². The molecule has 4 heterocycles. The third-order valence-corrected chi connectivity index (χ3v) is 3.99. The summed E-state index contributed by atoms with van der Waals surface area (Å²) in [5.74, 6) is 2.54. The number of aromatic nitrogens is 6. The predicted molar refractivity (Wildman–Crippen MR) is 83.5 cm³/mol. The monoisotopic (exact) mass is 313 g/mol. The molecule has 22 heavy (non-hydrogen) atoms. The number of hydrogen-bond acceptors (Lipinski definition) is 6. The van der Waals surface area contributed by atoms with Crippen LogP contribution in [0.5, 0.6) is 0 Å². The van der Waals surface area contributed by atoms with Crippen LogP contribution in [0.2, 0.25) is 5.15 Å². The second-order valence-electron chi connectivity index (χ2n) is 4.95. The van der Waals surface area contributed by atoms with Gasteiger partial charge in [0.25, 0.3) is 0 Å². The van der Waals surface area contributed by atoms with Crippen LogP contribution in [0, 0.1) is 0 Å². The van der Waals surface area contributed by atoms with E-state index in [4.69, 9.17) is 11.6 Å². The SMILES string of the molecule is C=Cc1nnc2n1CCN(c1ccc3ncnc(Cl)c3n1)C2. The lowest BCUT2D eigenvalue weighted by Gasteiger charge is -2.28. The van der Waals surface area contributed by atoms with E-state index >= 15 is 0 Å². The molecule has 0 saturated carbocycles. The number of fused-ring (bicyclic) bond motifs is 2. The van der Waals surface area contributed by atoms with Crippen molar-refractivity contribution in [1.82, 2.24) is 29.7 Å². The molecular formula is C14H12ClN7. The van der Waals surface area contributed by atoms with Crippen LogP contribution in [0.4, 0.5) is 5.82 Å². The Morgan fingerprint density at radius 1 is 1.18 bits per heavy atom. The Morgan fingerprint density at radius 2 is 2.09 bits per heavy atom. The van der Waals surface area contributed by atoms with Gasteiger partial charge in [0.05, 0.1) is 12.1 Å². The third kappa shape index (κ3) is 2.01. The van der Waals surface area contributed by atoms with Crippen LogP contribution in [-0.4, -0.2) is 36.3 Å². The fraction of sp³-hybridized carbons (Fsp3) is 0.214. The number of nitrogens with zero attached hydrogens (tertiary/aromatic N) is 7. The van der Waals surface area contributed by atoms with Crippen molar-refractivity contribution in [2.24, 2.45) is 0 Å². The zero-order valence-electron chi connectivity index (χ0n) is 11.6. The smallest absolute Gasteiger partial charge is 0.158 e. The fourth-order valence-corrected chi connectivity index (χ4v) is 2.79. The molecule has 4 rings (SSSR count). The molecule has 0 aliphatic carbocycles. The molecule has 3 aromatic rings. The van der Waals surface area contributed by atoms with E-state index in [-0.39, 0.29) is 0 Å². The van der Waals surface area contributed by atoms with Gasteiger partial charge in [-0.3, -0.25) is 0 Å². The highest BCUT2D eigenvalue weighted by molar-refractivity contribution is 6.33. The van der Waals surface area contributed by atoms with Crippen molar-refractivity contribution in [3.05, 3.63) is 41.8 Å².